The van der Waals surface area contributed by atoms with E-state index < -0.39 is 0 Å². The molecule has 16 heavy (non-hydrogen) atoms. The van der Waals surface area contributed by atoms with E-state index in [9.17, 15) is 4.79 Å². The standard InChI is InChI=1S/C9H12ClN5O/c10-9-13-7(5-12-14-9)15-3-1-6(2-4-15)8(11)16/h5-6H,1-4H2,(H2,11,16). The van der Waals surface area contributed by atoms with Crippen molar-refractivity contribution in [3.8, 4) is 0 Å². The molecule has 86 valence electrons. The topological polar surface area (TPSA) is 85.0 Å². The fraction of sp³-hybridized carbons (Fsp3) is 0.556. The average Bonchev–Trinajstić information content (AvgIpc) is 2.29. The third kappa shape index (κ3) is 2.38. The second-order valence-electron chi connectivity index (χ2n) is 3.75. The van der Waals surface area contributed by atoms with Gasteiger partial charge in [-0.3, -0.25) is 4.79 Å². The van der Waals surface area contributed by atoms with E-state index in [-0.39, 0.29) is 17.1 Å². The van der Waals surface area contributed by atoms with Crippen molar-refractivity contribution in [3.05, 3.63) is 11.5 Å². The van der Waals surface area contributed by atoms with Gasteiger partial charge >= 0.3 is 0 Å². The lowest BCUT2D eigenvalue weighted by Crippen LogP contribution is -2.39. The van der Waals surface area contributed by atoms with Gasteiger partial charge in [-0.15, -0.1) is 5.10 Å². The van der Waals surface area contributed by atoms with Crippen molar-refractivity contribution in [3.63, 3.8) is 0 Å². The minimum Gasteiger partial charge on any atom is -0.369 e. The Morgan fingerprint density at radius 1 is 1.50 bits per heavy atom. The number of carbonyl (C=O) groups excluding carboxylic acids is 1. The minimum absolute atomic E-state index is 0.0264. The molecule has 1 aliphatic heterocycles. The van der Waals surface area contributed by atoms with Gasteiger partial charge in [-0.25, -0.2) is 0 Å². The molecule has 0 radical (unpaired) electrons. The van der Waals surface area contributed by atoms with E-state index in [1.165, 1.54) is 0 Å². The average molecular weight is 242 g/mol. The van der Waals surface area contributed by atoms with Gasteiger partial charge in [-0.1, -0.05) is 0 Å². The number of nitrogens with two attached hydrogens (primary N) is 1. The lowest BCUT2D eigenvalue weighted by Gasteiger charge is -2.30. The number of halogens is 1. The maximum absolute atomic E-state index is 11.0. The summed E-state index contributed by atoms with van der Waals surface area (Å²) in [6.07, 6.45) is 3.06. The second kappa shape index (κ2) is 4.61. The number of primary amides is 1. The van der Waals surface area contributed by atoms with Crippen molar-refractivity contribution in [1.29, 1.82) is 0 Å². The Morgan fingerprint density at radius 3 is 2.75 bits per heavy atom. The number of aromatic nitrogens is 3. The van der Waals surface area contributed by atoms with E-state index in [2.05, 4.69) is 15.2 Å². The highest BCUT2D eigenvalue weighted by Crippen LogP contribution is 2.21. The van der Waals surface area contributed by atoms with Crippen LogP contribution in [-0.2, 0) is 4.79 Å². The van der Waals surface area contributed by atoms with Crippen LogP contribution in [-0.4, -0.2) is 34.2 Å². The predicted molar refractivity (Wildman–Crippen MR) is 59.0 cm³/mol. The molecule has 2 rings (SSSR count). The molecule has 1 saturated heterocycles. The molecule has 0 saturated carbocycles. The van der Waals surface area contributed by atoms with Crippen molar-refractivity contribution in [2.45, 2.75) is 12.8 Å². The third-order valence-electron chi connectivity index (χ3n) is 2.74. The molecule has 1 aliphatic rings. The van der Waals surface area contributed by atoms with Crippen LogP contribution in [0.4, 0.5) is 5.82 Å². The number of rotatable bonds is 2. The van der Waals surface area contributed by atoms with Gasteiger partial charge in [0, 0.05) is 19.0 Å². The van der Waals surface area contributed by atoms with Crippen LogP contribution in [0.2, 0.25) is 5.28 Å². The predicted octanol–water partition coefficient (Wildman–Crippen LogP) is 0.227. The first-order chi connectivity index (χ1) is 7.66. The summed E-state index contributed by atoms with van der Waals surface area (Å²) in [5.74, 6) is 0.447. The molecule has 0 aromatic carbocycles. The SMILES string of the molecule is NC(=O)C1CCN(c2cnnc(Cl)n2)CC1. The normalized spacial score (nSPS) is 17.4. The smallest absolute Gasteiger partial charge is 0.244 e. The molecule has 6 nitrogen and oxygen atoms in total. The van der Waals surface area contributed by atoms with Crippen molar-refractivity contribution < 1.29 is 4.79 Å². The fourth-order valence-electron chi connectivity index (χ4n) is 1.82. The van der Waals surface area contributed by atoms with E-state index in [4.69, 9.17) is 17.3 Å². The molecular weight excluding hydrogens is 230 g/mol. The fourth-order valence-corrected chi connectivity index (χ4v) is 1.95. The number of nitrogens with zero attached hydrogens (tertiary/aromatic N) is 4. The molecule has 0 unspecified atom stereocenters. The molecule has 0 bridgehead atoms. The minimum atomic E-state index is -0.224. The zero-order valence-electron chi connectivity index (χ0n) is 8.64. The first kappa shape index (κ1) is 11.1. The number of piperidine rings is 1. The van der Waals surface area contributed by atoms with E-state index >= 15 is 0 Å². The van der Waals surface area contributed by atoms with Crippen LogP contribution in [0, 0.1) is 5.92 Å². The largest absolute Gasteiger partial charge is 0.369 e. The van der Waals surface area contributed by atoms with Crippen molar-refractivity contribution in [2.75, 3.05) is 18.0 Å². The van der Waals surface area contributed by atoms with Crippen LogP contribution in [0.3, 0.4) is 0 Å². The van der Waals surface area contributed by atoms with E-state index in [0.717, 1.165) is 25.9 Å². The van der Waals surface area contributed by atoms with Crippen LogP contribution >= 0.6 is 11.6 Å². The summed E-state index contributed by atoms with van der Waals surface area (Å²) in [6.45, 7) is 1.48. The van der Waals surface area contributed by atoms with Crippen molar-refractivity contribution >= 4 is 23.3 Å². The highest BCUT2D eigenvalue weighted by atomic mass is 35.5. The molecule has 0 atom stereocenters. The summed E-state index contributed by atoms with van der Waals surface area (Å²) in [5.41, 5.74) is 5.26. The van der Waals surface area contributed by atoms with Crippen LogP contribution < -0.4 is 10.6 Å². The molecule has 2 heterocycles. The Morgan fingerprint density at radius 2 is 2.19 bits per heavy atom. The Hall–Kier alpha value is -1.43. The number of carbonyl (C=O) groups is 1. The van der Waals surface area contributed by atoms with Crippen molar-refractivity contribution in [1.82, 2.24) is 15.2 Å². The Bertz CT molecular complexity index is 391. The number of amides is 1. The van der Waals surface area contributed by atoms with Crippen LogP contribution in [0.5, 0.6) is 0 Å². The maximum atomic E-state index is 11.0. The van der Waals surface area contributed by atoms with Gasteiger partial charge in [-0.2, -0.15) is 10.1 Å². The summed E-state index contributed by atoms with van der Waals surface area (Å²) in [4.78, 5) is 17.1. The summed E-state index contributed by atoms with van der Waals surface area (Å²) in [6, 6.07) is 0. The summed E-state index contributed by atoms with van der Waals surface area (Å²) in [7, 11) is 0. The van der Waals surface area contributed by atoms with E-state index in [1.807, 2.05) is 4.90 Å². The van der Waals surface area contributed by atoms with Crippen molar-refractivity contribution in [2.24, 2.45) is 11.7 Å². The maximum Gasteiger partial charge on any atom is 0.244 e. The Labute approximate surface area is 97.8 Å². The van der Waals surface area contributed by atoms with Crippen LogP contribution in [0.25, 0.3) is 0 Å². The molecular formula is C9H12ClN5O. The highest BCUT2D eigenvalue weighted by Gasteiger charge is 2.23. The van der Waals surface area contributed by atoms with E-state index in [1.54, 1.807) is 6.20 Å². The van der Waals surface area contributed by atoms with E-state index in [0.29, 0.717) is 5.82 Å². The Balaban J connectivity index is 2.01. The zero-order valence-corrected chi connectivity index (χ0v) is 9.39. The first-order valence-electron chi connectivity index (χ1n) is 5.06. The van der Waals surface area contributed by atoms with Crippen LogP contribution in [0.1, 0.15) is 12.8 Å². The number of anilines is 1. The highest BCUT2D eigenvalue weighted by molar-refractivity contribution is 6.28. The molecule has 2 N–H and O–H groups in total. The monoisotopic (exact) mass is 241 g/mol. The summed E-state index contributed by atoms with van der Waals surface area (Å²) < 4.78 is 0. The Kier molecular flexibility index (Phi) is 3.19. The number of hydrogen-bond acceptors (Lipinski definition) is 5. The molecule has 1 aromatic rings. The lowest BCUT2D eigenvalue weighted by atomic mass is 9.96. The van der Waals surface area contributed by atoms with Gasteiger partial charge in [0.25, 0.3) is 0 Å². The van der Waals surface area contributed by atoms with Gasteiger partial charge in [0.15, 0.2) is 5.82 Å². The molecule has 1 amide bonds. The van der Waals surface area contributed by atoms with Gasteiger partial charge in [0.2, 0.25) is 11.2 Å². The quantitative estimate of drug-likeness (QED) is 0.801. The number of hydrogen-bond donors (Lipinski definition) is 1. The van der Waals surface area contributed by atoms with Gasteiger partial charge in [-0.05, 0) is 24.4 Å². The van der Waals surface area contributed by atoms with Gasteiger partial charge < -0.3 is 10.6 Å². The van der Waals surface area contributed by atoms with Crippen LogP contribution in [0.15, 0.2) is 6.20 Å². The lowest BCUT2D eigenvalue weighted by molar-refractivity contribution is -0.122. The molecule has 7 heteroatoms. The molecule has 0 aliphatic carbocycles. The molecule has 1 aromatic heterocycles. The second-order valence-corrected chi connectivity index (χ2v) is 4.09. The zero-order chi connectivity index (χ0) is 11.5. The first-order valence-corrected chi connectivity index (χ1v) is 5.44. The molecule has 0 spiro atoms. The van der Waals surface area contributed by atoms with Gasteiger partial charge in [0.05, 0.1) is 6.20 Å². The summed E-state index contributed by atoms with van der Waals surface area (Å²) >= 11 is 5.66. The van der Waals surface area contributed by atoms with Gasteiger partial charge in [0.1, 0.15) is 0 Å². The third-order valence-corrected chi connectivity index (χ3v) is 2.90. The molecule has 1 fully saturated rings. The summed E-state index contributed by atoms with van der Waals surface area (Å²) in [5, 5.41) is 7.45.